The van der Waals surface area contributed by atoms with E-state index in [1.165, 1.54) is 28.0 Å². The van der Waals surface area contributed by atoms with Gasteiger partial charge in [-0.15, -0.1) is 11.3 Å². The van der Waals surface area contributed by atoms with Gasteiger partial charge in [0.2, 0.25) is 11.8 Å². The van der Waals surface area contributed by atoms with Gasteiger partial charge >= 0.3 is 0 Å². The van der Waals surface area contributed by atoms with Crippen molar-refractivity contribution in [3.05, 3.63) is 107 Å². The van der Waals surface area contributed by atoms with E-state index in [4.69, 9.17) is 4.98 Å². The third kappa shape index (κ3) is 6.92. The highest BCUT2D eigenvalue weighted by Crippen LogP contribution is 2.37. The van der Waals surface area contributed by atoms with E-state index < -0.39 is 0 Å². The van der Waals surface area contributed by atoms with E-state index in [0.717, 1.165) is 61.5 Å². The van der Waals surface area contributed by atoms with Crippen LogP contribution >= 0.6 is 11.3 Å². The second kappa shape index (κ2) is 12.8. The number of anilines is 1. The fraction of sp³-hybridized carbons (Fsp3) is 0.324. The zero-order valence-corrected chi connectivity index (χ0v) is 24.0. The van der Waals surface area contributed by atoms with Crippen LogP contribution in [0.4, 0.5) is 5.13 Å². The highest BCUT2D eigenvalue weighted by atomic mass is 32.1. The normalized spacial score (nSPS) is 18.5. The molecule has 0 saturated carbocycles. The standard InChI is InChI=1S/C34H36N4O2S/c39-31(19-16-24-8-3-1-4-9-24)36-34-37-32-29(12-7-13-30(32)41-34)33(40)35-28-20-21-38(23-28)22-25-14-17-27(18-15-25)26-10-5-2-6-11-26/h1-6,8-11,14-15,17-18,28-29H,7,12-13,16,19-23H2,(H,35,40)(H,36,37,39). The summed E-state index contributed by atoms with van der Waals surface area (Å²) in [5.74, 6) is -0.219. The van der Waals surface area contributed by atoms with Crippen LogP contribution in [0.3, 0.4) is 0 Å². The van der Waals surface area contributed by atoms with Crippen molar-refractivity contribution >= 4 is 28.3 Å². The average Bonchev–Trinajstić information content (AvgIpc) is 3.63. The summed E-state index contributed by atoms with van der Waals surface area (Å²) in [6.07, 6.45) is 4.73. The minimum Gasteiger partial charge on any atom is -0.351 e. The van der Waals surface area contributed by atoms with E-state index in [1.54, 1.807) is 0 Å². The SMILES string of the molecule is O=C(CCc1ccccc1)Nc1nc2c(s1)CCCC2C(=O)NC1CCN(Cc2ccc(-c3ccccc3)cc2)C1. The van der Waals surface area contributed by atoms with Gasteiger partial charge in [0.15, 0.2) is 5.13 Å². The molecule has 6 rings (SSSR count). The number of nitrogens with one attached hydrogen (secondary N) is 2. The molecule has 2 amide bonds. The van der Waals surface area contributed by atoms with Crippen molar-refractivity contribution in [3.63, 3.8) is 0 Å². The Balaban J connectivity index is 1.00. The van der Waals surface area contributed by atoms with Gasteiger partial charge in [0, 0.05) is 37.0 Å². The highest BCUT2D eigenvalue weighted by molar-refractivity contribution is 7.15. The molecule has 0 radical (unpaired) electrons. The molecule has 1 aliphatic carbocycles. The van der Waals surface area contributed by atoms with E-state index in [-0.39, 0.29) is 23.8 Å². The number of likely N-dealkylation sites (tertiary alicyclic amines) is 1. The first-order valence-electron chi connectivity index (χ1n) is 14.6. The van der Waals surface area contributed by atoms with Gasteiger partial charge in [0.1, 0.15) is 0 Å². The monoisotopic (exact) mass is 564 g/mol. The van der Waals surface area contributed by atoms with Gasteiger partial charge in [-0.1, -0.05) is 84.9 Å². The Morgan fingerprint density at radius 3 is 2.39 bits per heavy atom. The topological polar surface area (TPSA) is 74.3 Å². The molecule has 2 aliphatic rings. The van der Waals surface area contributed by atoms with Crippen LogP contribution in [0.25, 0.3) is 11.1 Å². The second-order valence-electron chi connectivity index (χ2n) is 11.1. The molecule has 0 bridgehead atoms. The Bertz CT molecular complexity index is 1470. The number of rotatable bonds is 9. The van der Waals surface area contributed by atoms with Crippen LogP contribution in [0.1, 0.15) is 53.3 Å². The molecular formula is C34H36N4O2S. The minimum absolute atomic E-state index is 0.0401. The predicted molar refractivity (Wildman–Crippen MR) is 165 cm³/mol. The number of carbonyl (C=O) groups excluding carboxylic acids is 2. The third-order valence-electron chi connectivity index (χ3n) is 8.09. The number of benzene rings is 3. The Morgan fingerprint density at radius 2 is 1.61 bits per heavy atom. The predicted octanol–water partition coefficient (Wildman–Crippen LogP) is 6.19. The minimum atomic E-state index is -0.246. The van der Waals surface area contributed by atoms with Crippen LogP contribution in [0.15, 0.2) is 84.9 Å². The first-order valence-corrected chi connectivity index (χ1v) is 15.4. The molecule has 2 atom stereocenters. The molecule has 1 aliphatic heterocycles. The van der Waals surface area contributed by atoms with Gasteiger partial charge in [0.05, 0.1) is 11.6 Å². The molecular weight excluding hydrogens is 528 g/mol. The lowest BCUT2D eigenvalue weighted by Gasteiger charge is -2.23. The zero-order valence-electron chi connectivity index (χ0n) is 23.2. The van der Waals surface area contributed by atoms with Crippen molar-refractivity contribution in [3.8, 4) is 11.1 Å². The number of nitrogens with zero attached hydrogens (tertiary/aromatic N) is 2. The molecule has 210 valence electrons. The molecule has 6 nitrogen and oxygen atoms in total. The number of carbonyl (C=O) groups is 2. The van der Waals surface area contributed by atoms with Crippen LogP contribution in [-0.4, -0.2) is 40.8 Å². The average molecular weight is 565 g/mol. The Morgan fingerprint density at radius 1 is 0.878 bits per heavy atom. The van der Waals surface area contributed by atoms with Crippen molar-refractivity contribution in [2.24, 2.45) is 0 Å². The van der Waals surface area contributed by atoms with Gasteiger partial charge in [-0.2, -0.15) is 0 Å². The lowest BCUT2D eigenvalue weighted by molar-refractivity contribution is -0.123. The summed E-state index contributed by atoms with van der Waals surface area (Å²) in [5.41, 5.74) is 5.74. The summed E-state index contributed by atoms with van der Waals surface area (Å²) in [5, 5.41) is 6.90. The van der Waals surface area contributed by atoms with E-state index in [2.05, 4.69) is 64.1 Å². The maximum Gasteiger partial charge on any atom is 0.229 e. The first kappa shape index (κ1) is 27.4. The largest absolute Gasteiger partial charge is 0.351 e. The molecule has 41 heavy (non-hydrogen) atoms. The summed E-state index contributed by atoms with van der Waals surface area (Å²) >= 11 is 1.52. The molecule has 3 aromatic carbocycles. The van der Waals surface area contributed by atoms with Crippen LogP contribution in [0.2, 0.25) is 0 Å². The smallest absolute Gasteiger partial charge is 0.229 e. The van der Waals surface area contributed by atoms with Crippen molar-refractivity contribution < 1.29 is 9.59 Å². The zero-order chi connectivity index (χ0) is 28.0. The molecule has 2 heterocycles. The quantitative estimate of drug-likeness (QED) is 0.254. The molecule has 2 N–H and O–H groups in total. The fourth-order valence-corrected chi connectivity index (χ4v) is 6.98. The van der Waals surface area contributed by atoms with Gasteiger partial charge < -0.3 is 10.6 Å². The number of thiazole rings is 1. The van der Waals surface area contributed by atoms with Crippen LogP contribution < -0.4 is 10.6 Å². The van der Waals surface area contributed by atoms with E-state index in [9.17, 15) is 9.59 Å². The molecule has 1 saturated heterocycles. The lowest BCUT2D eigenvalue weighted by Crippen LogP contribution is -2.40. The van der Waals surface area contributed by atoms with E-state index in [1.807, 2.05) is 36.4 Å². The Hall–Kier alpha value is -3.81. The molecule has 4 aromatic rings. The van der Waals surface area contributed by atoms with Crippen LogP contribution in [-0.2, 0) is 29.0 Å². The van der Waals surface area contributed by atoms with Gasteiger partial charge in [-0.25, -0.2) is 4.98 Å². The summed E-state index contributed by atoms with van der Waals surface area (Å²) in [6, 6.07) is 29.4. The van der Waals surface area contributed by atoms with Crippen molar-refractivity contribution in [2.45, 2.75) is 57.0 Å². The summed E-state index contributed by atoms with van der Waals surface area (Å²) in [7, 11) is 0. The van der Waals surface area contributed by atoms with E-state index in [0.29, 0.717) is 18.0 Å². The molecule has 7 heteroatoms. The van der Waals surface area contributed by atoms with Crippen molar-refractivity contribution in [1.82, 2.24) is 15.2 Å². The number of aromatic nitrogens is 1. The number of aryl methyl sites for hydroxylation is 2. The fourth-order valence-electron chi connectivity index (χ4n) is 5.90. The molecule has 1 aromatic heterocycles. The number of hydrogen-bond acceptors (Lipinski definition) is 5. The summed E-state index contributed by atoms with van der Waals surface area (Å²) in [4.78, 5) is 34.2. The summed E-state index contributed by atoms with van der Waals surface area (Å²) in [6.45, 7) is 2.71. The molecule has 0 spiro atoms. The number of hydrogen-bond donors (Lipinski definition) is 2. The number of amides is 2. The number of fused-ring (bicyclic) bond motifs is 1. The van der Waals surface area contributed by atoms with Gasteiger partial charge in [-0.05, 0) is 54.4 Å². The lowest BCUT2D eigenvalue weighted by atomic mass is 9.90. The third-order valence-corrected chi connectivity index (χ3v) is 9.13. The Kier molecular flexibility index (Phi) is 8.54. The maximum absolute atomic E-state index is 13.4. The van der Waals surface area contributed by atoms with E-state index >= 15 is 0 Å². The van der Waals surface area contributed by atoms with Gasteiger partial charge in [0.25, 0.3) is 0 Å². The highest BCUT2D eigenvalue weighted by Gasteiger charge is 2.33. The maximum atomic E-state index is 13.4. The second-order valence-corrected chi connectivity index (χ2v) is 12.2. The van der Waals surface area contributed by atoms with Crippen molar-refractivity contribution in [2.75, 3.05) is 18.4 Å². The summed E-state index contributed by atoms with van der Waals surface area (Å²) < 4.78 is 0. The van der Waals surface area contributed by atoms with Crippen LogP contribution in [0, 0.1) is 0 Å². The first-order chi connectivity index (χ1) is 20.1. The Labute approximate surface area is 245 Å². The van der Waals surface area contributed by atoms with Crippen LogP contribution in [0.5, 0.6) is 0 Å². The molecule has 2 unspecified atom stereocenters. The van der Waals surface area contributed by atoms with Gasteiger partial charge in [-0.3, -0.25) is 14.5 Å². The molecule has 1 fully saturated rings. The van der Waals surface area contributed by atoms with Crippen molar-refractivity contribution in [1.29, 1.82) is 0 Å².